The fourth-order valence-corrected chi connectivity index (χ4v) is 3.73. The predicted octanol–water partition coefficient (Wildman–Crippen LogP) is 1.93. The Morgan fingerprint density at radius 1 is 1.26 bits per heavy atom. The van der Waals surface area contributed by atoms with Gasteiger partial charge in [0, 0.05) is 6.04 Å². The van der Waals surface area contributed by atoms with Gasteiger partial charge >= 0.3 is 0 Å². The molecule has 1 aromatic rings. The Kier molecular flexibility index (Phi) is 4.54. The highest BCUT2D eigenvalue weighted by atomic mass is 32.2. The van der Waals surface area contributed by atoms with Gasteiger partial charge in [-0.15, -0.1) is 0 Å². The molecule has 106 valence electrons. The number of halogens is 1. The van der Waals surface area contributed by atoms with Crippen LogP contribution in [0.4, 0.5) is 4.39 Å². The molecule has 1 saturated carbocycles. The van der Waals surface area contributed by atoms with E-state index in [0.29, 0.717) is 5.56 Å². The molecule has 0 aromatic heterocycles. The van der Waals surface area contributed by atoms with Crippen LogP contribution in [0.25, 0.3) is 0 Å². The third kappa shape index (κ3) is 3.52. The van der Waals surface area contributed by atoms with Gasteiger partial charge in [-0.1, -0.05) is 25.3 Å². The van der Waals surface area contributed by atoms with Gasteiger partial charge in [0.2, 0.25) is 10.0 Å². The van der Waals surface area contributed by atoms with Crippen LogP contribution in [0.5, 0.6) is 0 Å². The molecule has 6 heteroatoms. The van der Waals surface area contributed by atoms with E-state index in [2.05, 4.69) is 4.72 Å². The van der Waals surface area contributed by atoms with E-state index in [1.165, 1.54) is 12.1 Å². The number of nitrogens with one attached hydrogen (secondary N) is 1. The lowest BCUT2D eigenvalue weighted by atomic mass is 9.96. The first-order chi connectivity index (χ1) is 9.03. The molecule has 1 aliphatic carbocycles. The molecule has 0 aliphatic heterocycles. The largest absolute Gasteiger partial charge is 0.392 e. The van der Waals surface area contributed by atoms with Crippen LogP contribution in [0.2, 0.25) is 0 Å². The Bertz CT molecular complexity index is 539. The van der Waals surface area contributed by atoms with Crippen molar-refractivity contribution in [2.45, 2.75) is 49.6 Å². The van der Waals surface area contributed by atoms with Crippen LogP contribution in [-0.4, -0.2) is 19.6 Å². The fourth-order valence-electron chi connectivity index (χ4n) is 2.36. The van der Waals surface area contributed by atoms with Gasteiger partial charge in [-0.05, 0) is 30.5 Å². The standard InChI is InChI=1S/C13H18FNO3S/c14-12-8-10(9-16)6-7-13(12)19(17,18)15-11-4-2-1-3-5-11/h6-8,11,15-16H,1-5,9H2. The number of aliphatic hydroxyl groups is 1. The summed E-state index contributed by atoms with van der Waals surface area (Å²) in [4.78, 5) is -0.352. The van der Waals surface area contributed by atoms with E-state index in [-0.39, 0.29) is 17.5 Å². The van der Waals surface area contributed by atoms with Crippen molar-refractivity contribution >= 4 is 10.0 Å². The van der Waals surface area contributed by atoms with Crippen molar-refractivity contribution in [3.63, 3.8) is 0 Å². The van der Waals surface area contributed by atoms with E-state index in [4.69, 9.17) is 5.11 Å². The number of rotatable bonds is 4. The van der Waals surface area contributed by atoms with Crippen molar-refractivity contribution in [3.05, 3.63) is 29.6 Å². The second-order valence-electron chi connectivity index (χ2n) is 4.88. The second-order valence-corrected chi connectivity index (χ2v) is 6.56. The highest BCUT2D eigenvalue weighted by molar-refractivity contribution is 7.89. The first-order valence-electron chi connectivity index (χ1n) is 6.44. The quantitative estimate of drug-likeness (QED) is 0.889. The molecule has 2 N–H and O–H groups in total. The average Bonchev–Trinajstić information content (AvgIpc) is 2.38. The van der Waals surface area contributed by atoms with Crippen molar-refractivity contribution in [2.75, 3.05) is 0 Å². The minimum absolute atomic E-state index is 0.101. The first-order valence-corrected chi connectivity index (χ1v) is 7.93. The molecule has 0 bridgehead atoms. The van der Waals surface area contributed by atoms with E-state index in [1.54, 1.807) is 0 Å². The molecule has 4 nitrogen and oxygen atoms in total. The van der Waals surface area contributed by atoms with E-state index < -0.39 is 15.8 Å². The van der Waals surface area contributed by atoms with E-state index in [0.717, 1.165) is 38.2 Å². The highest BCUT2D eigenvalue weighted by Crippen LogP contribution is 2.21. The maximum Gasteiger partial charge on any atom is 0.243 e. The molecule has 0 spiro atoms. The molecule has 19 heavy (non-hydrogen) atoms. The van der Waals surface area contributed by atoms with Crippen molar-refractivity contribution in [3.8, 4) is 0 Å². The van der Waals surface area contributed by atoms with Crippen LogP contribution < -0.4 is 4.72 Å². The van der Waals surface area contributed by atoms with Gasteiger partial charge in [-0.3, -0.25) is 0 Å². The Labute approximate surface area is 112 Å². The van der Waals surface area contributed by atoms with Crippen LogP contribution in [0.15, 0.2) is 23.1 Å². The van der Waals surface area contributed by atoms with Crippen LogP contribution in [0.1, 0.15) is 37.7 Å². The predicted molar refractivity (Wildman–Crippen MR) is 69.5 cm³/mol. The maximum absolute atomic E-state index is 13.8. The Hall–Kier alpha value is -0.980. The van der Waals surface area contributed by atoms with Gasteiger partial charge in [-0.25, -0.2) is 17.5 Å². The molecule has 0 radical (unpaired) electrons. The molecule has 0 heterocycles. The molecular formula is C13H18FNO3S. The van der Waals surface area contributed by atoms with Crippen molar-refractivity contribution < 1.29 is 17.9 Å². The SMILES string of the molecule is O=S(=O)(NC1CCCCC1)c1ccc(CO)cc1F. The fraction of sp³-hybridized carbons (Fsp3) is 0.538. The summed E-state index contributed by atoms with van der Waals surface area (Å²) in [5, 5.41) is 8.89. The Balaban J connectivity index is 2.18. The molecule has 1 aliphatic rings. The molecule has 2 rings (SSSR count). The lowest BCUT2D eigenvalue weighted by Gasteiger charge is -2.22. The second kappa shape index (κ2) is 5.98. The summed E-state index contributed by atoms with van der Waals surface area (Å²) in [5.41, 5.74) is 0.356. The van der Waals surface area contributed by atoms with E-state index in [1.807, 2.05) is 0 Å². The Morgan fingerprint density at radius 2 is 1.95 bits per heavy atom. The summed E-state index contributed by atoms with van der Waals surface area (Å²) in [6.07, 6.45) is 4.72. The summed E-state index contributed by atoms with van der Waals surface area (Å²) < 4.78 is 40.5. The van der Waals surface area contributed by atoms with Gasteiger partial charge in [-0.2, -0.15) is 0 Å². The normalized spacial score (nSPS) is 17.6. The Morgan fingerprint density at radius 3 is 2.53 bits per heavy atom. The minimum atomic E-state index is -3.82. The average molecular weight is 287 g/mol. The summed E-state index contributed by atoms with van der Waals surface area (Å²) in [5.74, 6) is -0.824. The van der Waals surface area contributed by atoms with Gasteiger partial charge in [0.15, 0.2) is 0 Å². The van der Waals surface area contributed by atoms with Crippen LogP contribution >= 0.6 is 0 Å². The van der Waals surface area contributed by atoms with Gasteiger partial charge in [0.1, 0.15) is 10.7 Å². The van der Waals surface area contributed by atoms with E-state index in [9.17, 15) is 12.8 Å². The van der Waals surface area contributed by atoms with Crippen molar-refractivity contribution in [1.82, 2.24) is 4.72 Å². The van der Waals surface area contributed by atoms with Crippen LogP contribution in [-0.2, 0) is 16.6 Å². The topological polar surface area (TPSA) is 66.4 Å². The molecule has 1 aromatic carbocycles. The zero-order valence-corrected chi connectivity index (χ0v) is 11.4. The third-order valence-electron chi connectivity index (χ3n) is 3.40. The molecule has 0 saturated heterocycles. The lowest BCUT2D eigenvalue weighted by Crippen LogP contribution is -2.36. The molecular weight excluding hydrogens is 269 g/mol. The van der Waals surface area contributed by atoms with Gasteiger partial charge in [0.05, 0.1) is 6.61 Å². The smallest absolute Gasteiger partial charge is 0.243 e. The van der Waals surface area contributed by atoms with E-state index >= 15 is 0 Å². The summed E-state index contributed by atoms with van der Waals surface area (Å²) in [6.45, 7) is -0.312. The van der Waals surface area contributed by atoms with Crippen LogP contribution in [0, 0.1) is 5.82 Å². The molecule has 1 fully saturated rings. The van der Waals surface area contributed by atoms with Crippen molar-refractivity contribution in [1.29, 1.82) is 0 Å². The molecule has 0 amide bonds. The summed E-state index contributed by atoms with van der Waals surface area (Å²) in [7, 11) is -3.82. The zero-order chi connectivity index (χ0) is 13.9. The highest BCUT2D eigenvalue weighted by Gasteiger charge is 2.24. The first kappa shape index (κ1) is 14.4. The number of hydrogen-bond donors (Lipinski definition) is 2. The zero-order valence-electron chi connectivity index (χ0n) is 10.6. The monoisotopic (exact) mass is 287 g/mol. The van der Waals surface area contributed by atoms with Crippen molar-refractivity contribution in [2.24, 2.45) is 0 Å². The minimum Gasteiger partial charge on any atom is -0.392 e. The number of benzene rings is 1. The maximum atomic E-state index is 13.8. The molecule has 0 unspecified atom stereocenters. The van der Waals surface area contributed by atoms with Crippen LogP contribution in [0.3, 0.4) is 0 Å². The number of hydrogen-bond acceptors (Lipinski definition) is 3. The summed E-state index contributed by atoms with van der Waals surface area (Å²) >= 11 is 0. The third-order valence-corrected chi connectivity index (χ3v) is 4.95. The van der Waals surface area contributed by atoms with Gasteiger partial charge in [0.25, 0.3) is 0 Å². The van der Waals surface area contributed by atoms with Gasteiger partial charge < -0.3 is 5.11 Å². The summed E-state index contributed by atoms with van der Waals surface area (Å²) in [6, 6.07) is 3.57. The molecule has 0 atom stereocenters. The number of aliphatic hydroxyl groups excluding tert-OH is 1. The number of sulfonamides is 1. The lowest BCUT2D eigenvalue weighted by molar-refractivity contribution is 0.281.